The molecule has 0 radical (unpaired) electrons. The molecule has 0 heterocycles. The van der Waals surface area contributed by atoms with E-state index in [0.717, 1.165) is 0 Å². The van der Waals surface area contributed by atoms with Gasteiger partial charge in [0, 0.05) is 0 Å². The molecule has 464 valence electrons. The smallest absolute Gasteiger partial charge is 0.00987 e. The zero-order valence-electron chi connectivity index (χ0n) is 55.0. The molecule has 0 N–H and O–H groups in total. The maximum atomic E-state index is 2.32. The van der Waals surface area contributed by atoms with E-state index < -0.39 is 0 Å². The van der Waals surface area contributed by atoms with Crippen LogP contribution < -0.4 is 0 Å². The van der Waals surface area contributed by atoms with Crippen molar-refractivity contribution in [1.29, 1.82) is 0 Å². The summed E-state index contributed by atoms with van der Waals surface area (Å²) in [6, 6.07) is 143. The third-order valence-electron chi connectivity index (χ3n) is 20.8. The first-order valence-corrected chi connectivity index (χ1v) is 34.7. The van der Waals surface area contributed by atoms with Gasteiger partial charge in [-0.25, -0.2) is 0 Å². The minimum atomic E-state index is 1.23. The molecule has 0 saturated heterocycles. The Morgan fingerprint density at radius 2 is 0.250 bits per heavy atom. The van der Waals surface area contributed by atoms with E-state index in [2.05, 4.69) is 388 Å². The predicted molar refractivity (Wildman–Crippen MR) is 431 cm³/mol. The van der Waals surface area contributed by atoms with Crippen molar-refractivity contribution >= 4 is 108 Å². The molecule has 0 spiro atoms. The number of hydrogen-bond donors (Lipinski definition) is 0. The van der Waals surface area contributed by atoms with E-state index >= 15 is 0 Å². The highest BCUT2D eigenvalue weighted by atomic mass is 14.2. The predicted octanol–water partition coefficient (Wildman–Crippen LogP) is 28.2. The second-order valence-electron chi connectivity index (χ2n) is 26.7. The minimum Gasteiger partial charge on any atom is -0.0616 e. The van der Waals surface area contributed by atoms with Gasteiger partial charge in [-0.15, -0.1) is 0 Å². The van der Waals surface area contributed by atoms with Gasteiger partial charge in [0.2, 0.25) is 0 Å². The van der Waals surface area contributed by atoms with Crippen molar-refractivity contribution in [3.63, 3.8) is 0 Å². The molecule has 20 rings (SSSR count). The fraction of sp³-hybridized carbons (Fsp3) is 0. The Hall–Kier alpha value is -13.0. The molecule has 0 aliphatic rings. The first-order chi connectivity index (χ1) is 49.5. The van der Waals surface area contributed by atoms with Gasteiger partial charge < -0.3 is 0 Å². The second-order valence-corrected chi connectivity index (χ2v) is 26.7. The molecule has 0 saturated carbocycles. The first-order valence-electron chi connectivity index (χ1n) is 34.7. The van der Waals surface area contributed by atoms with Gasteiger partial charge in [-0.05, 0) is 257 Å². The summed E-state index contributed by atoms with van der Waals surface area (Å²) < 4.78 is 0. The van der Waals surface area contributed by atoms with Gasteiger partial charge in [-0.2, -0.15) is 0 Å². The maximum absolute atomic E-state index is 2.32. The Bertz CT molecular complexity index is 6250. The van der Waals surface area contributed by atoms with E-state index in [1.165, 1.54) is 197 Å². The summed E-state index contributed by atoms with van der Waals surface area (Å²) >= 11 is 0. The molecule has 0 aliphatic carbocycles. The highest BCUT2D eigenvalue weighted by Crippen LogP contribution is 2.44. The fourth-order valence-corrected chi connectivity index (χ4v) is 15.6. The van der Waals surface area contributed by atoms with E-state index in [-0.39, 0.29) is 0 Å². The number of rotatable bonds is 8. The van der Waals surface area contributed by atoms with Crippen LogP contribution in [0.3, 0.4) is 0 Å². The van der Waals surface area contributed by atoms with E-state index in [1.54, 1.807) is 0 Å². The van der Waals surface area contributed by atoms with Crippen molar-refractivity contribution < 1.29 is 0 Å². The van der Waals surface area contributed by atoms with Crippen LogP contribution in [0.1, 0.15) is 0 Å². The lowest BCUT2D eigenvalue weighted by Gasteiger charge is -2.17. The molecule has 0 amide bonds. The zero-order chi connectivity index (χ0) is 66.0. The van der Waals surface area contributed by atoms with Crippen molar-refractivity contribution in [3.05, 3.63) is 388 Å². The molecule has 0 heteroatoms. The quantitative estimate of drug-likeness (QED) is 0.142. The maximum Gasteiger partial charge on any atom is -0.00987 e. The number of hydrogen-bond acceptors (Lipinski definition) is 0. The van der Waals surface area contributed by atoms with Gasteiger partial charge >= 0.3 is 0 Å². The Morgan fingerprint density at radius 3 is 0.490 bits per heavy atom. The summed E-state index contributed by atoms with van der Waals surface area (Å²) in [4.78, 5) is 0. The minimum absolute atomic E-state index is 1.23. The largest absolute Gasteiger partial charge is 0.0616 e. The molecule has 0 aliphatic heterocycles. The number of fused-ring (bicyclic) bond motifs is 10. The molecule has 0 nitrogen and oxygen atoms in total. The summed E-state index contributed by atoms with van der Waals surface area (Å²) in [7, 11) is 0. The van der Waals surface area contributed by atoms with Crippen LogP contribution in [0.15, 0.2) is 388 Å². The summed E-state index contributed by atoms with van der Waals surface area (Å²) in [5.74, 6) is 0. The second kappa shape index (κ2) is 24.6. The summed E-state index contributed by atoms with van der Waals surface area (Å²) in [6.45, 7) is 0. The van der Waals surface area contributed by atoms with Crippen molar-refractivity contribution in [2.45, 2.75) is 0 Å². The van der Waals surface area contributed by atoms with Crippen LogP contribution >= 0.6 is 0 Å². The van der Waals surface area contributed by atoms with E-state index in [1.807, 2.05) is 0 Å². The summed E-state index contributed by atoms with van der Waals surface area (Å²) in [6.07, 6.45) is 0. The van der Waals surface area contributed by atoms with Crippen molar-refractivity contribution in [2.75, 3.05) is 0 Å². The molecule has 20 aromatic carbocycles. The molecule has 0 fully saturated rings. The lowest BCUT2D eigenvalue weighted by molar-refractivity contribution is 1.64. The Balaban J connectivity index is 0.000000151. The van der Waals surface area contributed by atoms with Gasteiger partial charge in [-0.3, -0.25) is 0 Å². The zero-order valence-corrected chi connectivity index (χ0v) is 55.0. The van der Waals surface area contributed by atoms with Crippen molar-refractivity contribution in [2.24, 2.45) is 0 Å². The average molecular weight is 1270 g/mol. The third-order valence-corrected chi connectivity index (χ3v) is 20.8. The lowest BCUT2D eigenvalue weighted by Crippen LogP contribution is -1.90. The Kier molecular flexibility index (Phi) is 14.3. The van der Waals surface area contributed by atoms with Crippen LogP contribution in [0.5, 0.6) is 0 Å². The number of benzene rings is 20. The lowest BCUT2D eigenvalue weighted by atomic mass is 9.86. The van der Waals surface area contributed by atoms with Gasteiger partial charge in [0.05, 0.1) is 0 Å². The summed E-state index contributed by atoms with van der Waals surface area (Å²) in [5.41, 5.74) is 20.0. The summed E-state index contributed by atoms with van der Waals surface area (Å²) in [5, 5.41) is 25.3. The molecular formula is C100H64. The van der Waals surface area contributed by atoms with Crippen LogP contribution in [0, 0.1) is 0 Å². The third kappa shape index (κ3) is 10.7. The molecule has 100 heavy (non-hydrogen) atoms. The standard InChI is InChI=1S/C60H38.C40H26/c1-3-7-41-29-43(11-9-39(41)5-1)45-13-15-49-33-51(19-17-47(49)31-45)53-21-23-57-37-59(27-25-55(57)35-53)60-28-26-56-36-54(22-24-58(56)38-60)52-20-18-48-32-46(14-16-50(48)34-52)44-12-10-40-6-2-4-8-42(40)30-44;1-3-15-29-27(11-1)13-9-21-31(29)37-23-25-39(35-19-7-5-17-33(35)37)40-26-24-38(34-18-6-8-20-36(34)40)32-22-10-14-28-12-2-4-16-30(28)32/h1-38H;1-26H. The van der Waals surface area contributed by atoms with Gasteiger partial charge in [0.25, 0.3) is 0 Å². The Labute approximate surface area is 581 Å². The Morgan fingerprint density at radius 1 is 0.0900 bits per heavy atom. The van der Waals surface area contributed by atoms with Gasteiger partial charge in [-0.1, -0.05) is 328 Å². The van der Waals surface area contributed by atoms with Crippen LogP contribution in [-0.2, 0) is 0 Å². The molecule has 0 atom stereocenters. The van der Waals surface area contributed by atoms with Crippen LogP contribution in [0.4, 0.5) is 0 Å². The van der Waals surface area contributed by atoms with E-state index in [9.17, 15) is 0 Å². The van der Waals surface area contributed by atoms with Gasteiger partial charge in [0.15, 0.2) is 0 Å². The highest BCUT2D eigenvalue weighted by Gasteiger charge is 2.17. The molecular weight excluding hydrogens is 1200 g/mol. The SMILES string of the molecule is c1ccc2c(-c3ccc(-c4ccc(-c5cccc6ccccc56)c5ccccc45)c4ccccc34)cccc2c1.c1ccc2cc(-c3ccc4cc(-c5ccc6cc(-c7ccc8cc(-c9ccc%10cc(-c%11ccc%12ccccc%12c%11)ccc%10c9)ccc8c7)ccc6c5)ccc4c3)ccc2c1. The van der Waals surface area contributed by atoms with Gasteiger partial charge in [0.1, 0.15) is 0 Å². The van der Waals surface area contributed by atoms with Crippen LogP contribution in [-0.4, -0.2) is 0 Å². The monoisotopic (exact) mass is 1260 g/mol. The molecule has 0 bridgehead atoms. The van der Waals surface area contributed by atoms with Crippen LogP contribution in [0.25, 0.3) is 197 Å². The van der Waals surface area contributed by atoms with Crippen molar-refractivity contribution in [3.8, 4) is 89.0 Å². The fourth-order valence-electron chi connectivity index (χ4n) is 15.6. The van der Waals surface area contributed by atoms with E-state index in [4.69, 9.17) is 0 Å². The molecule has 0 aromatic heterocycles. The first kappa shape index (κ1) is 58.4. The molecule has 0 unspecified atom stereocenters. The topological polar surface area (TPSA) is 0 Å². The highest BCUT2D eigenvalue weighted by molar-refractivity contribution is 6.15. The normalized spacial score (nSPS) is 11.6. The van der Waals surface area contributed by atoms with Crippen LogP contribution in [0.2, 0.25) is 0 Å². The molecule has 20 aromatic rings. The average Bonchev–Trinajstić information content (AvgIpc) is 0.747. The van der Waals surface area contributed by atoms with Crippen molar-refractivity contribution in [1.82, 2.24) is 0 Å². The van der Waals surface area contributed by atoms with E-state index in [0.29, 0.717) is 0 Å².